The normalized spacial score (nSPS) is 14.1. The number of phenols is 1. The van der Waals surface area contributed by atoms with Crippen LogP contribution in [-0.4, -0.2) is 29.2 Å². The number of pyridine rings is 1. The smallest absolute Gasteiger partial charge is 0.270 e. The van der Waals surface area contributed by atoms with Crippen LogP contribution >= 0.6 is 0 Å². The lowest BCUT2D eigenvalue weighted by atomic mass is 9.97. The van der Waals surface area contributed by atoms with Crippen molar-refractivity contribution < 1.29 is 23.4 Å². The van der Waals surface area contributed by atoms with E-state index in [1.54, 1.807) is 19.1 Å². The number of carbonyl (C=O) groups is 1. The Kier molecular flexibility index (Phi) is 6.15. The van der Waals surface area contributed by atoms with Crippen molar-refractivity contribution in [2.45, 2.75) is 13.0 Å². The van der Waals surface area contributed by atoms with Gasteiger partial charge in [0.25, 0.3) is 5.91 Å². The van der Waals surface area contributed by atoms with Crippen molar-refractivity contribution in [2.24, 2.45) is 5.92 Å². The zero-order chi connectivity index (χ0) is 22.7. The molecule has 0 saturated carbocycles. The predicted octanol–water partition coefficient (Wildman–Crippen LogP) is 3.89. The van der Waals surface area contributed by atoms with Crippen LogP contribution in [0.15, 0.2) is 54.6 Å². The van der Waals surface area contributed by atoms with Gasteiger partial charge in [-0.05, 0) is 55.0 Å². The van der Waals surface area contributed by atoms with Crippen molar-refractivity contribution in [3.63, 3.8) is 0 Å². The molecule has 0 spiro atoms. The van der Waals surface area contributed by atoms with Gasteiger partial charge in [0.15, 0.2) is 0 Å². The fraction of sp³-hybridized carbons (Fsp3) is 0.200. The van der Waals surface area contributed by atoms with Gasteiger partial charge in [-0.15, -0.1) is 0 Å². The third-order valence-electron chi connectivity index (χ3n) is 5.02. The van der Waals surface area contributed by atoms with Crippen LogP contribution in [0.25, 0.3) is 0 Å². The minimum atomic E-state index is -0.928. The fourth-order valence-electron chi connectivity index (χ4n) is 3.32. The van der Waals surface area contributed by atoms with E-state index in [1.807, 2.05) is 0 Å². The highest BCUT2D eigenvalue weighted by Gasteiger charge is 2.23. The van der Waals surface area contributed by atoms with Crippen molar-refractivity contribution in [3.05, 3.63) is 94.3 Å². The lowest BCUT2D eigenvalue weighted by Crippen LogP contribution is -2.30. The average Bonchev–Trinajstić information content (AvgIpc) is 2.73. The molecule has 32 heavy (non-hydrogen) atoms. The van der Waals surface area contributed by atoms with Gasteiger partial charge in [0.1, 0.15) is 23.1 Å². The summed E-state index contributed by atoms with van der Waals surface area (Å²) < 4.78 is 32.5. The van der Waals surface area contributed by atoms with Gasteiger partial charge in [-0.25, -0.2) is 13.8 Å². The second-order valence-corrected chi connectivity index (χ2v) is 7.55. The van der Waals surface area contributed by atoms with E-state index in [0.29, 0.717) is 30.0 Å². The number of rotatable bonds is 4. The summed E-state index contributed by atoms with van der Waals surface area (Å²) in [7, 11) is 0. The molecule has 2 heterocycles. The monoisotopic (exact) mass is 434 g/mol. The Bertz CT molecular complexity index is 1210. The molecule has 2 N–H and O–H groups in total. The number of benzene rings is 2. The first-order valence-corrected chi connectivity index (χ1v) is 10.0. The number of nitrogens with one attached hydrogen (secondary N) is 1. The largest absolute Gasteiger partial charge is 0.508 e. The van der Waals surface area contributed by atoms with Crippen molar-refractivity contribution in [3.8, 4) is 17.6 Å². The average molecular weight is 434 g/mol. The number of aryl methyl sites for hydroxylation is 1. The summed E-state index contributed by atoms with van der Waals surface area (Å²) in [5.41, 5.74) is 1.99. The number of halogens is 2. The van der Waals surface area contributed by atoms with Crippen LogP contribution in [0.3, 0.4) is 0 Å². The maximum absolute atomic E-state index is 13.9. The summed E-state index contributed by atoms with van der Waals surface area (Å²) in [6.07, 6.45) is 0. The first-order chi connectivity index (χ1) is 15.4. The number of aromatic nitrogens is 1. The third kappa shape index (κ3) is 4.93. The topological polar surface area (TPSA) is 71.5 Å². The highest BCUT2D eigenvalue weighted by Crippen LogP contribution is 2.30. The van der Waals surface area contributed by atoms with Crippen LogP contribution in [0.5, 0.6) is 5.75 Å². The fourth-order valence-corrected chi connectivity index (χ4v) is 3.32. The molecule has 1 unspecified atom stereocenters. The molecule has 1 aliphatic heterocycles. The predicted molar refractivity (Wildman–Crippen MR) is 114 cm³/mol. The maximum atomic E-state index is 13.9. The van der Waals surface area contributed by atoms with Gasteiger partial charge in [-0.2, -0.15) is 0 Å². The van der Waals surface area contributed by atoms with E-state index in [0.717, 1.165) is 12.1 Å². The molecule has 1 saturated heterocycles. The van der Waals surface area contributed by atoms with Crippen LogP contribution in [0.1, 0.15) is 38.9 Å². The summed E-state index contributed by atoms with van der Waals surface area (Å²) in [6, 6.07) is 11.3. The van der Waals surface area contributed by atoms with Crippen molar-refractivity contribution in [2.75, 3.05) is 13.2 Å². The second-order valence-electron chi connectivity index (χ2n) is 7.55. The first kappa shape index (κ1) is 21.5. The second kappa shape index (κ2) is 9.16. The highest BCUT2D eigenvalue weighted by molar-refractivity contribution is 5.93. The van der Waals surface area contributed by atoms with Crippen LogP contribution in [-0.2, 0) is 4.74 Å². The van der Waals surface area contributed by atoms with E-state index in [9.17, 15) is 18.7 Å². The number of ether oxygens (including phenoxy) is 1. The SMILES string of the molecule is Cc1cc(C#CC2COC2)cc(C(=O)NC(c2ccc(F)cc2)c2cc(F)ccc2O)n1. The van der Waals surface area contributed by atoms with Gasteiger partial charge in [0, 0.05) is 16.8 Å². The number of aromatic hydroxyl groups is 1. The molecule has 3 aromatic rings. The molecule has 0 bridgehead atoms. The number of hydrogen-bond donors (Lipinski definition) is 2. The number of nitrogens with zero attached hydrogens (tertiary/aromatic N) is 1. The molecule has 1 aliphatic rings. The van der Waals surface area contributed by atoms with Crippen LogP contribution in [0, 0.1) is 36.3 Å². The Morgan fingerprint density at radius 3 is 2.53 bits per heavy atom. The van der Waals surface area contributed by atoms with E-state index in [-0.39, 0.29) is 22.9 Å². The van der Waals surface area contributed by atoms with E-state index in [1.165, 1.54) is 30.3 Å². The summed E-state index contributed by atoms with van der Waals surface area (Å²) >= 11 is 0. The lowest BCUT2D eigenvalue weighted by Gasteiger charge is -2.21. The molecule has 2 aromatic carbocycles. The van der Waals surface area contributed by atoms with Crippen LogP contribution in [0.2, 0.25) is 0 Å². The minimum Gasteiger partial charge on any atom is -0.508 e. The third-order valence-corrected chi connectivity index (χ3v) is 5.02. The first-order valence-electron chi connectivity index (χ1n) is 10.0. The molecule has 1 amide bonds. The van der Waals surface area contributed by atoms with E-state index in [2.05, 4.69) is 22.1 Å². The van der Waals surface area contributed by atoms with E-state index >= 15 is 0 Å². The molecular weight excluding hydrogens is 414 g/mol. The van der Waals surface area contributed by atoms with Gasteiger partial charge in [0.2, 0.25) is 0 Å². The molecular formula is C25H20F2N2O3. The van der Waals surface area contributed by atoms with Crippen molar-refractivity contribution >= 4 is 5.91 Å². The summed E-state index contributed by atoms with van der Waals surface area (Å²) in [4.78, 5) is 17.4. The molecule has 5 nitrogen and oxygen atoms in total. The Labute approximate surface area is 184 Å². The molecule has 4 rings (SSSR count). The summed E-state index contributed by atoms with van der Waals surface area (Å²) in [6.45, 7) is 2.95. The Morgan fingerprint density at radius 2 is 1.84 bits per heavy atom. The van der Waals surface area contributed by atoms with Gasteiger partial charge < -0.3 is 15.2 Å². The lowest BCUT2D eigenvalue weighted by molar-refractivity contribution is -0.00300. The number of amides is 1. The molecule has 1 atom stereocenters. The van der Waals surface area contributed by atoms with Crippen LogP contribution in [0.4, 0.5) is 8.78 Å². The number of carbonyl (C=O) groups excluding carboxylic acids is 1. The van der Waals surface area contributed by atoms with Gasteiger partial charge >= 0.3 is 0 Å². The van der Waals surface area contributed by atoms with Crippen LogP contribution < -0.4 is 5.32 Å². The highest BCUT2D eigenvalue weighted by atomic mass is 19.1. The van der Waals surface area contributed by atoms with Crippen molar-refractivity contribution in [1.29, 1.82) is 0 Å². The maximum Gasteiger partial charge on any atom is 0.270 e. The summed E-state index contributed by atoms with van der Waals surface area (Å²) in [5, 5.41) is 13.1. The molecule has 0 aliphatic carbocycles. The van der Waals surface area contributed by atoms with Crippen molar-refractivity contribution in [1.82, 2.24) is 10.3 Å². The Morgan fingerprint density at radius 1 is 1.12 bits per heavy atom. The minimum absolute atomic E-state index is 0.127. The van der Waals surface area contributed by atoms with Gasteiger partial charge in [0.05, 0.1) is 25.2 Å². The zero-order valence-electron chi connectivity index (χ0n) is 17.2. The van der Waals surface area contributed by atoms with E-state index in [4.69, 9.17) is 4.74 Å². The quantitative estimate of drug-likeness (QED) is 0.612. The molecule has 7 heteroatoms. The van der Waals surface area contributed by atoms with Gasteiger partial charge in [-0.3, -0.25) is 4.79 Å². The standard InChI is InChI=1S/C25H20F2N2O3/c1-15-10-16(2-3-17-13-32-14-17)11-22(28-15)25(31)29-24(18-4-6-19(26)7-5-18)21-12-20(27)8-9-23(21)30/h4-12,17,24,30H,13-14H2,1H3,(H,29,31). The molecule has 162 valence electrons. The molecule has 1 fully saturated rings. The Balaban J connectivity index is 1.66. The van der Waals surface area contributed by atoms with E-state index < -0.39 is 23.6 Å². The summed E-state index contributed by atoms with van der Waals surface area (Å²) in [5.74, 6) is 4.54. The zero-order valence-corrected chi connectivity index (χ0v) is 17.2. The molecule has 1 aromatic heterocycles. The number of hydrogen-bond acceptors (Lipinski definition) is 4. The Hall–Kier alpha value is -3.76. The number of phenolic OH excluding ortho intramolecular Hbond substituents is 1. The van der Waals surface area contributed by atoms with Gasteiger partial charge in [-0.1, -0.05) is 24.0 Å². The molecule has 0 radical (unpaired) electrons.